The van der Waals surface area contributed by atoms with Crippen LogP contribution in [0.4, 0.5) is 4.39 Å². The molecular formula is C32H46FN3O3. The number of para-hydroxylation sites is 1. The van der Waals surface area contributed by atoms with Crippen LogP contribution < -0.4 is 20.7 Å². The molecule has 6 nitrogen and oxygen atoms in total. The minimum Gasteiger partial charge on any atom is -0.492 e. The molecule has 0 fully saturated rings. The summed E-state index contributed by atoms with van der Waals surface area (Å²) < 4.78 is 20.2. The highest BCUT2D eigenvalue weighted by Gasteiger charge is 2.28. The predicted octanol–water partition coefficient (Wildman–Crippen LogP) is 5.19. The fourth-order valence-corrected chi connectivity index (χ4v) is 5.31. The largest absolute Gasteiger partial charge is 0.492 e. The molecule has 0 aliphatic carbocycles. The van der Waals surface area contributed by atoms with Crippen LogP contribution in [-0.2, 0) is 22.4 Å². The average molecular weight is 540 g/mol. The molecule has 0 aromatic heterocycles. The SMILES string of the molecule is CCC[C@@H]1NC(=O)[C@@H](C(C)C)CC[C@@H](Cc2cccc(F)c2)N[C@H](C)COc2ccccc2CCCNC1=O. The number of halogens is 1. The van der Waals surface area contributed by atoms with Gasteiger partial charge in [-0.25, -0.2) is 4.39 Å². The summed E-state index contributed by atoms with van der Waals surface area (Å²) in [6.07, 6.45) is 4.99. The van der Waals surface area contributed by atoms with E-state index in [1.165, 1.54) is 6.07 Å². The van der Waals surface area contributed by atoms with Gasteiger partial charge >= 0.3 is 0 Å². The first kappa shape index (κ1) is 30.6. The lowest BCUT2D eigenvalue weighted by Crippen LogP contribution is -2.49. The first-order valence-corrected chi connectivity index (χ1v) is 14.6. The molecule has 2 amide bonds. The molecule has 0 spiro atoms. The van der Waals surface area contributed by atoms with Crippen LogP contribution in [0.5, 0.6) is 5.75 Å². The Labute approximate surface area is 233 Å². The summed E-state index contributed by atoms with van der Waals surface area (Å²) in [5, 5.41) is 9.77. The van der Waals surface area contributed by atoms with Gasteiger partial charge in [-0.2, -0.15) is 0 Å². The van der Waals surface area contributed by atoms with E-state index in [0.717, 1.165) is 42.6 Å². The lowest BCUT2D eigenvalue weighted by atomic mass is 9.87. The Balaban J connectivity index is 1.84. The highest BCUT2D eigenvalue weighted by Crippen LogP contribution is 2.23. The fourth-order valence-electron chi connectivity index (χ4n) is 5.31. The minimum atomic E-state index is -0.542. The van der Waals surface area contributed by atoms with E-state index in [4.69, 9.17) is 4.74 Å². The van der Waals surface area contributed by atoms with Gasteiger partial charge in [0.2, 0.25) is 11.8 Å². The van der Waals surface area contributed by atoms with Crippen LogP contribution in [0.15, 0.2) is 48.5 Å². The molecule has 214 valence electrons. The molecule has 1 heterocycles. The van der Waals surface area contributed by atoms with E-state index < -0.39 is 6.04 Å². The Morgan fingerprint density at radius 1 is 1.05 bits per heavy atom. The van der Waals surface area contributed by atoms with Crippen molar-refractivity contribution in [3.05, 3.63) is 65.5 Å². The highest BCUT2D eigenvalue weighted by atomic mass is 19.1. The van der Waals surface area contributed by atoms with Crippen LogP contribution >= 0.6 is 0 Å². The molecule has 7 heteroatoms. The molecule has 0 radical (unpaired) electrons. The van der Waals surface area contributed by atoms with Crippen molar-refractivity contribution in [3.8, 4) is 5.75 Å². The number of hydrogen-bond donors (Lipinski definition) is 3. The second-order valence-electron chi connectivity index (χ2n) is 11.2. The van der Waals surface area contributed by atoms with Gasteiger partial charge in [-0.05, 0) is 80.7 Å². The van der Waals surface area contributed by atoms with Gasteiger partial charge in [0.25, 0.3) is 0 Å². The van der Waals surface area contributed by atoms with Gasteiger partial charge in [-0.3, -0.25) is 9.59 Å². The van der Waals surface area contributed by atoms with Crippen LogP contribution in [0.25, 0.3) is 0 Å². The van der Waals surface area contributed by atoms with Crippen LogP contribution in [-0.4, -0.2) is 43.1 Å². The summed E-state index contributed by atoms with van der Waals surface area (Å²) in [6, 6.07) is 14.3. The quantitative estimate of drug-likeness (QED) is 0.488. The molecular weight excluding hydrogens is 493 g/mol. The molecule has 0 unspecified atom stereocenters. The van der Waals surface area contributed by atoms with Gasteiger partial charge in [-0.15, -0.1) is 0 Å². The van der Waals surface area contributed by atoms with Crippen molar-refractivity contribution in [3.63, 3.8) is 0 Å². The number of rotatable bonds is 5. The number of benzene rings is 2. The zero-order valence-electron chi connectivity index (χ0n) is 24.0. The van der Waals surface area contributed by atoms with E-state index in [1.54, 1.807) is 12.1 Å². The van der Waals surface area contributed by atoms with Gasteiger partial charge in [0, 0.05) is 24.5 Å². The standard InChI is InChI=1S/C32H46FN3O3/c1-5-10-29-32(38)34-18-9-13-25-12-6-7-15-30(25)39-21-23(4)35-27(20-24-11-8-14-26(33)19-24)16-17-28(22(2)3)31(37)36-29/h6-8,11-12,14-15,19,22-23,27-29,35H,5,9-10,13,16-18,20-21H2,1-4H3,(H,34,38)(H,36,37)/t23-,27+,28-,29+/m1/s1. The van der Waals surface area contributed by atoms with Crippen LogP contribution in [0, 0.1) is 17.7 Å². The number of fused-ring (bicyclic) bond motifs is 1. The number of amides is 2. The van der Waals surface area contributed by atoms with Gasteiger partial charge in [-0.1, -0.05) is 57.5 Å². The number of aryl methyl sites for hydroxylation is 1. The lowest BCUT2D eigenvalue weighted by molar-refractivity contribution is -0.132. The monoisotopic (exact) mass is 539 g/mol. The van der Waals surface area contributed by atoms with Crippen molar-refractivity contribution in [1.29, 1.82) is 0 Å². The molecule has 39 heavy (non-hydrogen) atoms. The van der Waals surface area contributed by atoms with Crippen molar-refractivity contribution >= 4 is 11.8 Å². The minimum absolute atomic E-state index is 0.0308. The maximum absolute atomic E-state index is 13.9. The molecule has 0 bridgehead atoms. The summed E-state index contributed by atoms with van der Waals surface area (Å²) in [5.41, 5.74) is 2.02. The average Bonchev–Trinajstić information content (AvgIpc) is 2.89. The second kappa shape index (κ2) is 15.6. The summed E-state index contributed by atoms with van der Waals surface area (Å²) in [7, 11) is 0. The maximum Gasteiger partial charge on any atom is 0.242 e. The molecule has 2 aromatic rings. The molecule has 0 saturated heterocycles. The molecule has 3 N–H and O–H groups in total. The molecule has 1 aliphatic rings. The Morgan fingerprint density at radius 3 is 2.59 bits per heavy atom. The molecule has 1 aliphatic heterocycles. The Hall–Kier alpha value is -2.93. The summed E-state index contributed by atoms with van der Waals surface area (Å²) in [6.45, 7) is 9.24. The normalized spacial score (nSPS) is 24.1. The summed E-state index contributed by atoms with van der Waals surface area (Å²) in [5.74, 6) is 0.295. The third-order valence-corrected chi connectivity index (χ3v) is 7.45. The molecule has 2 aromatic carbocycles. The van der Waals surface area contributed by atoms with E-state index in [0.29, 0.717) is 32.4 Å². The predicted molar refractivity (Wildman–Crippen MR) is 154 cm³/mol. The first-order valence-electron chi connectivity index (χ1n) is 14.6. The van der Waals surface area contributed by atoms with Gasteiger partial charge in [0.05, 0.1) is 0 Å². The molecule has 4 atom stereocenters. The molecule has 3 rings (SSSR count). The zero-order valence-corrected chi connectivity index (χ0v) is 24.0. The van der Waals surface area contributed by atoms with Crippen molar-refractivity contribution in [1.82, 2.24) is 16.0 Å². The summed E-state index contributed by atoms with van der Waals surface area (Å²) >= 11 is 0. The van der Waals surface area contributed by atoms with Gasteiger partial charge < -0.3 is 20.7 Å². The number of carbonyl (C=O) groups excluding carboxylic acids is 2. The van der Waals surface area contributed by atoms with Crippen LogP contribution in [0.1, 0.15) is 70.9 Å². The molecule has 0 saturated carbocycles. The van der Waals surface area contributed by atoms with Crippen LogP contribution in [0.2, 0.25) is 0 Å². The number of ether oxygens (including phenoxy) is 1. The second-order valence-corrected chi connectivity index (χ2v) is 11.2. The number of carbonyl (C=O) groups is 2. The van der Waals surface area contributed by atoms with Crippen molar-refractivity contribution < 1.29 is 18.7 Å². The van der Waals surface area contributed by atoms with E-state index in [2.05, 4.69) is 28.9 Å². The van der Waals surface area contributed by atoms with Crippen molar-refractivity contribution in [2.75, 3.05) is 13.2 Å². The zero-order chi connectivity index (χ0) is 28.2. The third-order valence-electron chi connectivity index (χ3n) is 7.45. The third kappa shape index (κ3) is 9.95. The summed E-state index contributed by atoms with van der Waals surface area (Å²) in [4.78, 5) is 26.4. The maximum atomic E-state index is 13.9. The lowest BCUT2D eigenvalue weighted by Gasteiger charge is -2.28. The Bertz CT molecular complexity index is 1060. The van der Waals surface area contributed by atoms with Gasteiger partial charge in [0.15, 0.2) is 0 Å². The highest BCUT2D eigenvalue weighted by molar-refractivity contribution is 5.88. The number of nitrogens with one attached hydrogen (secondary N) is 3. The van der Waals surface area contributed by atoms with E-state index >= 15 is 0 Å². The van der Waals surface area contributed by atoms with Crippen LogP contribution in [0.3, 0.4) is 0 Å². The van der Waals surface area contributed by atoms with E-state index in [9.17, 15) is 14.0 Å². The Kier molecular flexibility index (Phi) is 12.2. The van der Waals surface area contributed by atoms with Gasteiger partial charge in [0.1, 0.15) is 24.2 Å². The fraction of sp³-hybridized carbons (Fsp3) is 0.562. The number of hydrogen-bond acceptors (Lipinski definition) is 4. The van der Waals surface area contributed by atoms with Crippen molar-refractivity contribution in [2.45, 2.75) is 90.8 Å². The smallest absolute Gasteiger partial charge is 0.242 e. The van der Waals surface area contributed by atoms with Crippen molar-refractivity contribution in [2.24, 2.45) is 11.8 Å². The van der Waals surface area contributed by atoms with E-state index in [1.807, 2.05) is 45.0 Å². The van der Waals surface area contributed by atoms with E-state index in [-0.39, 0.29) is 41.6 Å². The first-order chi connectivity index (χ1) is 18.8. The topological polar surface area (TPSA) is 79.5 Å². The Morgan fingerprint density at radius 2 is 1.85 bits per heavy atom.